The van der Waals surface area contributed by atoms with Crippen LogP contribution in [-0.2, 0) is 13.6 Å². The first-order chi connectivity index (χ1) is 9.22. The number of nitrogens with zero attached hydrogens (tertiary/aromatic N) is 3. The molecular formula is C15H29N3S. The van der Waals surface area contributed by atoms with Crippen LogP contribution in [0.5, 0.6) is 0 Å². The molecule has 0 aromatic carbocycles. The van der Waals surface area contributed by atoms with Gasteiger partial charge in [0.25, 0.3) is 0 Å². The number of rotatable bonds is 11. The van der Waals surface area contributed by atoms with Gasteiger partial charge in [-0.3, -0.25) is 4.68 Å². The van der Waals surface area contributed by atoms with E-state index in [1.165, 1.54) is 57.1 Å². The van der Waals surface area contributed by atoms with Gasteiger partial charge in [0.1, 0.15) is 0 Å². The normalized spacial score (nSPS) is 11.4. The lowest BCUT2D eigenvalue weighted by molar-refractivity contribution is 0.316. The van der Waals surface area contributed by atoms with Crippen LogP contribution in [0.15, 0.2) is 12.4 Å². The number of thiol groups is 1. The van der Waals surface area contributed by atoms with E-state index in [9.17, 15) is 0 Å². The maximum atomic E-state index is 4.23. The average Bonchev–Trinajstić information content (AvgIpc) is 2.78. The Morgan fingerprint density at radius 3 is 2.32 bits per heavy atom. The Labute approximate surface area is 123 Å². The van der Waals surface area contributed by atoms with Crippen LogP contribution in [0.1, 0.15) is 50.5 Å². The van der Waals surface area contributed by atoms with E-state index in [0.29, 0.717) is 0 Å². The van der Waals surface area contributed by atoms with Crippen LogP contribution < -0.4 is 0 Å². The van der Waals surface area contributed by atoms with Crippen molar-refractivity contribution < 1.29 is 0 Å². The van der Waals surface area contributed by atoms with E-state index in [1.807, 2.05) is 17.9 Å². The third kappa shape index (κ3) is 8.32. The molecule has 0 saturated carbocycles. The van der Waals surface area contributed by atoms with E-state index in [0.717, 1.165) is 12.3 Å². The third-order valence-corrected chi connectivity index (χ3v) is 3.73. The van der Waals surface area contributed by atoms with Gasteiger partial charge in [-0.15, -0.1) is 0 Å². The van der Waals surface area contributed by atoms with Crippen molar-refractivity contribution in [2.24, 2.45) is 7.05 Å². The van der Waals surface area contributed by atoms with Gasteiger partial charge in [-0.2, -0.15) is 17.7 Å². The van der Waals surface area contributed by atoms with Crippen LogP contribution in [0.4, 0.5) is 0 Å². The van der Waals surface area contributed by atoms with Crippen LogP contribution in [0.2, 0.25) is 0 Å². The molecule has 1 heterocycles. The molecule has 0 aliphatic carbocycles. The van der Waals surface area contributed by atoms with Gasteiger partial charge in [0, 0.05) is 25.4 Å². The molecule has 1 aromatic heterocycles. The van der Waals surface area contributed by atoms with Crippen LogP contribution in [0, 0.1) is 0 Å². The van der Waals surface area contributed by atoms with Crippen LogP contribution in [0.3, 0.4) is 0 Å². The first-order valence-corrected chi connectivity index (χ1v) is 8.12. The standard InChI is InChI=1S/C15H29N3S/c1-17(13-15-12-16-18(2)14-15)10-8-6-4-3-5-7-9-11-19/h12,14,19H,3-11,13H2,1-2H3. The first-order valence-electron chi connectivity index (χ1n) is 7.49. The highest BCUT2D eigenvalue weighted by molar-refractivity contribution is 7.80. The molecule has 4 heteroatoms. The lowest BCUT2D eigenvalue weighted by Gasteiger charge is -2.15. The number of unbranched alkanes of at least 4 members (excludes halogenated alkanes) is 6. The summed E-state index contributed by atoms with van der Waals surface area (Å²) in [7, 11) is 4.16. The average molecular weight is 283 g/mol. The zero-order valence-electron chi connectivity index (χ0n) is 12.5. The van der Waals surface area contributed by atoms with Gasteiger partial charge in [0.2, 0.25) is 0 Å². The van der Waals surface area contributed by atoms with E-state index >= 15 is 0 Å². The van der Waals surface area contributed by atoms with E-state index in [-0.39, 0.29) is 0 Å². The molecule has 0 saturated heterocycles. The molecule has 0 unspecified atom stereocenters. The molecular weight excluding hydrogens is 254 g/mol. The summed E-state index contributed by atoms with van der Waals surface area (Å²) in [6.07, 6.45) is 13.5. The zero-order valence-corrected chi connectivity index (χ0v) is 13.4. The van der Waals surface area contributed by atoms with E-state index < -0.39 is 0 Å². The van der Waals surface area contributed by atoms with E-state index in [4.69, 9.17) is 0 Å². The molecule has 0 N–H and O–H groups in total. The molecule has 0 fully saturated rings. The molecule has 0 spiro atoms. The molecule has 0 bridgehead atoms. The van der Waals surface area contributed by atoms with Gasteiger partial charge < -0.3 is 4.90 Å². The summed E-state index contributed by atoms with van der Waals surface area (Å²) in [6, 6.07) is 0. The molecule has 110 valence electrons. The maximum Gasteiger partial charge on any atom is 0.0534 e. The SMILES string of the molecule is CN(CCCCCCCCCS)Cc1cnn(C)c1. The summed E-state index contributed by atoms with van der Waals surface area (Å²) in [5, 5.41) is 4.20. The molecule has 1 rings (SSSR count). The second kappa shape index (κ2) is 10.3. The number of hydrogen-bond acceptors (Lipinski definition) is 3. The van der Waals surface area contributed by atoms with E-state index in [1.54, 1.807) is 0 Å². The molecule has 0 atom stereocenters. The lowest BCUT2D eigenvalue weighted by atomic mass is 10.1. The summed E-state index contributed by atoms with van der Waals surface area (Å²) in [5.74, 6) is 1.04. The maximum absolute atomic E-state index is 4.23. The fourth-order valence-corrected chi connectivity index (χ4v) is 2.55. The smallest absolute Gasteiger partial charge is 0.0534 e. The summed E-state index contributed by atoms with van der Waals surface area (Å²) < 4.78 is 1.87. The van der Waals surface area contributed by atoms with Crippen molar-refractivity contribution in [1.82, 2.24) is 14.7 Å². The third-order valence-electron chi connectivity index (χ3n) is 3.41. The fourth-order valence-electron chi connectivity index (χ4n) is 2.32. The predicted molar refractivity (Wildman–Crippen MR) is 85.7 cm³/mol. The Morgan fingerprint density at radius 2 is 1.74 bits per heavy atom. The molecule has 3 nitrogen and oxygen atoms in total. The highest BCUT2D eigenvalue weighted by Gasteiger charge is 2.02. The van der Waals surface area contributed by atoms with Gasteiger partial charge in [0.15, 0.2) is 0 Å². The summed E-state index contributed by atoms with van der Waals surface area (Å²) >= 11 is 4.23. The number of aromatic nitrogens is 2. The first kappa shape index (κ1) is 16.6. The Kier molecular flexibility index (Phi) is 9.01. The van der Waals surface area contributed by atoms with Crippen molar-refractivity contribution >= 4 is 12.6 Å². The van der Waals surface area contributed by atoms with Crippen LogP contribution in [0.25, 0.3) is 0 Å². The Balaban J connectivity index is 1.94. The highest BCUT2D eigenvalue weighted by atomic mass is 32.1. The monoisotopic (exact) mass is 283 g/mol. The van der Waals surface area contributed by atoms with Crippen molar-refractivity contribution in [1.29, 1.82) is 0 Å². The minimum Gasteiger partial charge on any atom is -0.302 e. The zero-order chi connectivity index (χ0) is 13.9. The Hall–Kier alpha value is -0.480. The van der Waals surface area contributed by atoms with Gasteiger partial charge in [-0.05, 0) is 32.2 Å². The van der Waals surface area contributed by atoms with Gasteiger partial charge in [0.05, 0.1) is 6.20 Å². The molecule has 0 aliphatic rings. The predicted octanol–water partition coefficient (Wildman–Crippen LogP) is 3.51. The Bertz CT molecular complexity index is 325. The minimum atomic E-state index is 1.01. The fraction of sp³-hybridized carbons (Fsp3) is 0.800. The molecule has 19 heavy (non-hydrogen) atoms. The second-order valence-electron chi connectivity index (χ2n) is 5.46. The largest absolute Gasteiger partial charge is 0.302 e. The lowest BCUT2D eigenvalue weighted by Crippen LogP contribution is -2.18. The van der Waals surface area contributed by atoms with Crippen molar-refractivity contribution in [2.45, 2.75) is 51.5 Å². The summed E-state index contributed by atoms with van der Waals surface area (Å²) in [5.41, 5.74) is 1.30. The van der Waals surface area contributed by atoms with Gasteiger partial charge in [-0.1, -0.05) is 32.1 Å². The van der Waals surface area contributed by atoms with Gasteiger partial charge in [-0.25, -0.2) is 0 Å². The van der Waals surface area contributed by atoms with Crippen molar-refractivity contribution in [2.75, 3.05) is 19.3 Å². The topological polar surface area (TPSA) is 21.1 Å². The van der Waals surface area contributed by atoms with Crippen molar-refractivity contribution in [3.63, 3.8) is 0 Å². The highest BCUT2D eigenvalue weighted by Crippen LogP contribution is 2.09. The van der Waals surface area contributed by atoms with Gasteiger partial charge >= 0.3 is 0 Å². The number of hydrogen-bond donors (Lipinski definition) is 1. The summed E-state index contributed by atoms with van der Waals surface area (Å²) in [4.78, 5) is 2.39. The molecule has 0 amide bonds. The van der Waals surface area contributed by atoms with Crippen LogP contribution >= 0.6 is 12.6 Å². The number of aryl methyl sites for hydroxylation is 1. The Morgan fingerprint density at radius 1 is 1.11 bits per heavy atom. The van der Waals surface area contributed by atoms with Crippen LogP contribution in [-0.4, -0.2) is 34.0 Å². The van der Waals surface area contributed by atoms with E-state index in [2.05, 4.69) is 35.9 Å². The van der Waals surface area contributed by atoms with Crippen molar-refractivity contribution in [3.05, 3.63) is 18.0 Å². The minimum absolute atomic E-state index is 1.01. The van der Waals surface area contributed by atoms with Crippen molar-refractivity contribution in [3.8, 4) is 0 Å². The second-order valence-corrected chi connectivity index (χ2v) is 5.91. The molecule has 0 radical (unpaired) electrons. The summed E-state index contributed by atoms with van der Waals surface area (Å²) in [6.45, 7) is 2.20. The molecule has 0 aliphatic heterocycles. The quantitative estimate of drug-likeness (QED) is 0.495. The molecule has 1 aromatic rings.